The largest absolute Gasteiger partial charge is 0.381 e. The maximum Gasteiger partial charge on any atom is 0.0400 e. The topological polar surface area (TPSA) is 12.0 Å². The molecule has 0 amide bonds. The normalized spacial score (nSPS) is 14.5. The van der Waals surface area contributed by atoms with E-state index >= 15 is 0 Å². The average molecular weight is 302 g/mol. The van der Waals surface area contributed by atoms with Gasteiger partial charge in [-0.2, -0.15) is 0 Å². The molecule has 1 fully saturated rings. The molecule has 2 heteroatoms. The molecule has 0 aromatic heterocycles. The molecule has 1 aliphatic carbocycles. The molecule has 1 N–H and O–H groups in total. The molecule has 3 rings (SSSR count). The van der Waals surface area contributed by atoms with E-state index in [1.165, 1.54) is 24.0 Å². The van der Waals surface area contributed by atoms with Crippen molar-refractivity contribution < 1.29 is 0 Å². The molecule has 92 valence electrons. The van der Waals surface area contributed by atoms with Gasteiger partial charge in [0.1, 0.15) is 0 Å². The predicted molar refractivity (Wildman–Crippen MR) is 79.9 cm³/mol. The first-order chi connectivity index (χ1) is 8.81. The highest BCUT2D eigenvalue weighted by Gasteiger charge is 2.23. The highest BCUT2D eigenvalue weighted by atomic mass is 79.9. The lowest BCUT2D eigenvalue weighted by molar-refractivity contribution is 1.09. The first-order valence-corrected chi connectivity index (χ1v) is 7.19. The van der Waals surface area contributed by atoms with Crippen molar-refractivity contribution in [3.63, 3.8) is 0 Å². The van der Waals surface area contributed by atoms with Gasteiger partial charge in [-0.05, 0) is 54.2 Å². The van der Waals surface area contributed by atoms with Crippen molar-refractivity contribution in [1.29, 1.82) is 0 Å². The maximum absolute atomic E-state index is 3.45. The number of hydrogen-bond donors (Lipinski definition) is 1. The first kappa shape index (κ1) is 11.8. The minimum absolute atomic E-state index is 0.831. The monoisotopic (exact) mass is 301 g/mol. The zero-order chi connectivity index (χ0) is 12.4. The van der Waals surface area contributed by atoms with Gasteiger partial charge in [0.15, 0.2) is 0 Å². The molecule has 2 aromatic carbocycles. The Morgan fingerprint density at radius 3 is 2.56 bits per heavy atom. The SMILES string of the molecule is Brc1ccc(NCc2cccc(C3CC3)c2)cc1. The minimum atomic E-state index is 0.831. The highest BCUT2D eigenvalue weighted by molar-refractivity contribution is 9.10. The summed E-state index contributed by atoms with van der Waals surface area (Å²) in [5.74, 6) is 0.831. The van der Waals surface area contributed by atoms with Crippen molar-refractivity contribution in [2.75, 3.05) is 5.32 Å². The molecule has 1 aliphatic rings. The van der Waals surface area contributed by atoms with Crippen LogP contribution < -0.4 is 5.32 Å². The van der Waals surface area contributed by atoms with E-state index in [-0.39, 0.29) is 0 Å². The zero-order valence-electron chi connectivity index (χ0n) is 10.2. The van der Waals surface area contributed by atoms with Crippen LogP contribution >= 0.6 is 15.9 Å². The van der Waals surface area contributed by atoms with E-state index < -0.39 is 0 Å². The van der Waals surface area contributed by atoms with Gasteiger partial charge in [0.2, 0.25) is 0 Å². The van der Waals surface area contributed by atoms with Crippen LogP contribution in [0.25, 0.3) is 0 Å². The Bertz CT molecular complexity index is 529. The van der Waals surface area contributed by atoms with E-state index in [0.29, 0.717) is 0 Å². The molecule has 0 spiro atoms. The van der Waals surface area contributed by atoms with E-state index in [4.69, 9.17) is 0 Å². The van der Waals surface area contributed by atoms with Crippen LogP contribution in [0.4, 0.5) is 5.69 Å². The second-order valence-electron chi connectivity index (χ2n) is 4.88. The summed E-state index contributed by atoms with van der Waals surface area (Å²) in [7, 11) is 0. The van der Waals surface area contributed by atoms with Crippen LogP contribution in [0.15, 0.2) is 53.0 Å². The molecule has 2 aromatic rings. The van der Waals surface area contributed by atoms with Crippen LogP contribution in [-0.4, -0.2) is 0 Å². The predicted octanol–water partition coefficient (Wildman–Crippen LogP) is 4.94. The van der Waals surface area contributed by atoms with Crippen molar-refractivity contribution in [1.82, 2.24) is 0 Å². The van der Waals surface area contributed by atoms with Gasteiger partial charge in [-0.25, -0.2) is 0 Å². The van der Waals surface area contributed by atoms with E-state index in [1.807, 2.05) is 0 Å². The van der Waals surface area contributed by atoms with Crippen LogP contribution in [0.3, 0.4) is 0 Å². The molecular weight excluding hydrogens is 286 g/mol. The first-order valence-electron chi connectivity index (χ1n) is 6.39. The van der Waals surface area contributed by atoms with Crippen LogP contribution in [0.1, 0.15) is 29.9 Å². The average Bonchev–Trinajstić information content (AvgIpc) is 3.23. The number of halogens is 1. The lowest BCUT2D eigenvalue weighted by Gasteiger charge is -2.08. The van der Waals surface area contributed by atoms with Crippen molar-refractivity contribution >= 4 is 21.6 Å². The van der Waals surface area contributed by atoms with Gasteiger partial charge < -0.3 is 5.32 Å². The molecule has 0 atom stereocenters. The van der Waals surface area contributed by atoms with Gasteiger partial charge in [0.05, 0.1) is 0 Å². The zero-order valence-corrected chi connectivity index (χ0v) is 11.8. The molecule has 0 bridgehead atoms. The van der Waals surface area contributed by atoms with Crippen LogP contribution in [0.5, 0.6) is 0 Å². The quantitative estimate of drug-likeness (QED) is 0.843. The fraction of sp³-hybridized carbons (Fsp3) is 0.250. The number of anilines is 1. The maximum atomic E-state index is 3.45. The molecule has 0 radical (unpaired) electrons. The van der Waals surface area contributed by atoms with E-state index in [1.54, 1.807) is 0 Å². The Hall–Kier alpha value is -1.28. The van der Waals surface area contributed by atoms with Gasteiger partial charge in [-0.1, -0.05) is 40.2 Å². The summed E-state index contributed by atoms with van der Waals surface area (Å²) in [6, 6.07) is 17.3. The van der Waals surface area contributed by atoms with Crippen LogP contribution in [0, 0.1) is 0 Å². The van der Waals surface area contributed by atoms with Crippen molar-refractivity contribution in [2.24, 2.45) is 0 Å². The molecule has 0 saturated heterocycles. The number of hydrogen-bond acceptors (Lipinski definition) is 1. The molecule has 1 saturated carbocycles. The molecule has 0 aliphatic heterocycles. The Kier molecular flexibility index (Phi) is 3.37. The summed E-state index contributed by atoms with van der Waals surface area (Å²) in [6.07, 6.45) is 2.73. The fourth-order valence-electron chi connectivity index (χ4n) is 2.15. The third-order valence-electron chi connectivity index (χ3n) is 3.34. The van der Waals surface area contributed by atoms with E-state index in [0.717, 1.165) is 22.6 Å². The van der Waals surface area contributed by atoms with Gasteiger partial charge in [-0.15, -0.1) is 0 Å². The van der Waals surface area contributed by atoms with Crippen LogP contribution in [0.2, 0.25) is 0 Å². The highest BCUT2D eigenvalue weighted by Crippen LogP contribution is 2.40. The Labute approximate surface area is 116 Å². The van der Waals surface area contributed by atoms with Gasteiger partial charge in [-0.3, -0.25) is 0 Å². The molecule has 18 heavy (non-hydrogen) atoms. The smallest absolute Gasteiger partial charge is 0.0400 e. The second-order valence-corrected chi connectivity index (χ2v) is 5.80. The van der Waals surface area contributed by atoms with Gasteiger partial charge in [0, 0.05) is 16.7 Å². The summed E-state index contributed by atoms with van der Waals surface area (Å²) in [5, 5.41) is 3.45. The van der Waals surface area contributed by atoms with Crippen molar-refractivity contribution in [2.45, 2.75) is 25.3 Å². The van der Waals surface area contributed by atoms with Crippen LogP contribution in [-0.2, 0) is 6.54 Å². The summed E-state index contributed by atoms with van der Waals surface area (Å²) in [4.78, 5) is 0. The number of rotatable bonds is 4. The Morgan fingerprint density at radius 2 is 1.83 bits per heavy atom. The van der Waals surface area contributed by atoms with E-state index in [2.05, 4.69) is 69.8 Å². The molecule has 0 unspecified atom stereocenters. The summed E-state index contributed by atoms with van der Waals surface area (Å²) >= 11 is 3.45. The summed E-state index contributed by atoms with van der Waals surface area (Å²) in [6.45, 7) is 0.891. The Balaban J connectivity index is 1.65. The third-order valence-corrected chi connectivity index (χ3v) is 3.87. The van der Waals surface area contributed by atoms with Crippen molar-refractivity contribution in [3.05, 3.63) is 64.1 Å². The van der Waals surface area contributed by atoms with Gasteiger partial charge >= 0.3 is 0 Å². The number of benzene rings is 2. The van der Waals surface area contributed by atoms with E-state index in [9.17, 15) is 0 Å². The summed E-state index contributed by atoms with van der Waals surface area (Å²) in [5.41, 5.74) is 4.03. The summed E-state index contributed by atoms with van der Waals surface area (Å²) < 4.78 is 1.11. The fourth-order valence-corrected chi connectivity index (χ4v) is 2.41. The standard InChI is InChI=1S/C16H16BrN/c17-15-6-8-16(9-7-15)18-11-12-2-1-3-14(10-12)13-4-5-13/h1-3,6-10,13,18H,4-5,11H2. The second kappa shape index (κ2) is 5.15. The third kappa shape index (κ3) is 2.94. The minimum Gasteiger partial charge on any atom is -0.381 e. The molecule has 0 heterocycles. The lowest BCUT2D eigenvalue weighted by atomic mass is 10.1. The Morgan fingerprint density at radius 1 is 1.06 bits per heavy atom. The van der Waals surface area contributed by atoms with Crippen molar-refractivity contribution in [3.8, 4) is 0 Å². The molecular formula is C16H16BrN. The lowest BCUT2D eigenvalue weighted by Crippen LogP contribution is -1.99. The van der Waals surface area contributed by atoms with Gasteiger partial charge in [0.25, 0.3) is 0 Å². The number of nitrogens with one attached hydrogen (secondary N) is 1. The molecule has 1 nitrogen and oxygen atoms in total.